The van der Waals surface area contributed by atoms with Gasteiger partial charge in [-0.15, -0.1) is 0 Å². The second-order valence-electron chi connectivity index (χ2n) is 8.57. The van der Waals surface area contributed by atoms with E-state index < -0.39 is 18.0 Å². The number of nitrogens with zero attached hydrogens (tertiary/aromatic N) is 2. The number of halogens is 3. The summed E-state index contributed by atoms with van der Waals surface area (Å²) < 4.78 is 50.6. The van der Waals surface area contributed by atoms with E-state index in [0.717, 1.165) is 36.4 Å². The third-order valence-electron chi connectivity index (χ3n) is 5.57. The van der Waals surface area contributed by atoms with Gasteiger partial charge in [-0.25, -0.2) is 9.97 Å². The van der Waals surface area contributed by atoms with Gasteiger partial charge in [0.05, 0.1) is 30.0 Å². The molecule has 1 saturated heterocycles. The Balaban J connectivity index is 1.59. The van der Waals surface area contributed by atoms with Crippen molar-refractivity contribution >= 4 is 5.82 Å². The Kier molecular flexibility index (Phi) is 6.13. The molecule has 0 bridgehead atoms. The highest BCUT2D eigenvalue weighted by Crippen LogP contribution is 2.37. The number of allylic oxidation sites excluding steroid dienone is 1. The van der Waals surface area contributed by atoms with Crippen molar-refractivity contribution in [3.05, 3.63) is 64.8 Å². The van der Waals surface area contributed by atoms with Crippen LogP contribution in [0.1, 0.15) is 54.3 Å². The molecule has 1 aromatic heterocycles. The minimum absolute atomic E-state index is 0.0876. The van der Waals surface area contributed by atoms with Gasteiger partial charge in [0.15, 0.2) is 6.29 Å². The van der Waals surface area contributed by atoms with Crippen LogP contribution < -0.4 is 10.6 Å². The predicted molar refractivity (Wildman–Crippen MR) is 114 cm³/mol. The Morgan fingerprint density at radius 2 is 1.94 bits per heavy atom. The maximum Gasteiger partial charge on any atom is 0.416 e. The number of benzene rings is 1. The molecule has 0 amide bonds. The fourth-order valence-corrected chi connectivity index (χ4v) is 3.71. The SMILES string of the molecule is C=C(Cc1nc(C)nc(NCc2cccc(C(F)(F)F)c2)c1C1OCCO1)NC1(C)CC1. The molecule has 32 heavy (non-hydrogen) atoms. The van der Waals surface area contributed by atoms with E-state index >= 15 is 0 Å². The van der Waals surface area contributed by atoms with Crippen LogP contribution >= 0.6 is 0 Å². The van der Waals surface area contributed by atoms with Crippen molar-refractivity contribution in [2.45, 2.75) is 57.7 Å². The van der Waals surface area contributed by atoms with E-state index in [2.05, 4.69) is 34.1 Å². The van der Waals surface area contributed by atoms with Gasteiger partial charge in [-0.2, -0.15) is 13.2 Å². The monoisotopic (exact) mass is 448 g/mol. The first-order chi connectivity index (χ1) is 15.1. The van der Waals surface area contributed by atoms with Crippen LogP contribution in [0, 0.1) is 6.92 Å². The van der Waals surface area contributed by atoms with Crippen molar-refractivity contribution in [2.75, 3.05) is 18.5 Å². The van der Waals surface area contributed by atoms with Crippen LogP contribution in [-0.2, 0) is 28.6 Å². The molecule has 2 heterocycles. The Morgan fingerprint density at radius 3 is 2.59 bits per heavy atom. The Morgan fingerprint density at radius 1 is 1.22 bits per heavy atom. The minimum Gasteiger partial charge on any atom is -0.383 e. The highest BCUT2D eigenvalue weighted by atomic mass is 19.4. The summed E-state index contributed by atoms with van der Waals surface area (Å²) in [5, 5.41) is 6.62. The highest BCUT2D eigenvalue weighted by molar-refractivity contribution is 5.49. The summed E-state index contributed by atoms with van der Waals surface area (Å²) in [5.41, 5.74) is 2.11. The molecule has 0 unspecified atom stereocenters. The Hall–Kier alpha value is -2.65. The van der Waals surface area contributed by atoms with Crippen molar-refractivity contribution < 1.29 is 22.6 Å². The van der Waals surface area contributed by atoms with Gasteiger partial charge in [0, 0.05) is 24.2 Å². The van der Waals surface area contributed by atoms with Crippen LogP contribution in [0.4, 0.5) is 19.0 Å². The summed E-state index contributed by atoms with van der Waals surface area (Å²) in [7, 11) is 0. The summed E-state index contributed by atoms with van der Waals surface area (Å²) in [6, 6.07) is 5.23. The maximum absolute atomic E-state index is 13.1. The van der Waals surface area contributed by atoms with Gasteiger partial charge in [-0.3, -0.25) is 0 Å². The summed E-state index contributed by atoms with van der Waals surface area (Å²) in [6.45, 7) is 9.13. The maximum atomic E-state index is 13.1. The topological polar surface area (TPSA) is 68.3 Å². The number of rotatable bonds is 8. The zero-order chi connectivity index (χ0) is 22.9. The van der Waals surface area contributed by atoms with Crippen LogP contribution in [0.3, 0.4) is 0 Å². The first kappa shape index (κ1) is 22.5. The van der Waals surface area contributed by atoms with E-state index in [4.69, 9.17) is 9.47 Å². The zero-order valence-electron chi connectivity index (χ0n) is 18.2. The average molecular weight is 448 g/mol. The van der Waals surface area contributed by atoms with Gasteiger partial charge in [0.25, 0.3) is 0 Å². The van der Waals surface area contributed by atoms with Crippen LogP contribution in [0.15, 0.2) is 36.5 Å². The quantitative estimate of drug-likeness (QED) is 0.612. The molecule has 1 aromatic carbocycles. The van der Waals surface area contributed by atoms with E-state index in [1.165, 1.54) is 6.07 Å². The number of aromatic nitrogens is 2. The average Bonchev–Trinajstić information content (AvgIpc) is 3.20. The lowest BCUT2D eigenvalue weighted by molar-refractivity contribution is -0.137. The molecule has 0 radical (unpaired) electrons. The molecule has 1 saturated carbocycles. The van der Waals surface area contributed by atoms with Crippen LogP contribution in [-0.4, -0.2) is 28.7 Å². The lowest BCUT2D eigenvalue weighted by atomic mass is 10.1. The molecule has 0 atom stereocenters. The largest absolute Gasteiger partial charge is 0.416 e. The number of anilines is 1. The van der Waals surface area contributed by atoms with Gasteiger partial charge in [-0.05, 0) is 44.4 Å². The number of ether oxygens (including phenoxy) is 2. The van der Waals surface area contributed by atoms with Gasteiger partial charge >= 0.3 is 6.18 Å². The van der Waals surface area contributed by atoms with Crippen molar-refractivity contribution in [1.82, 2.24) is 15.3 Å². The summed E-state index contributed by atoms with van der Waals surface area (Å²) in [5.74, 6) is 1.03. The first-order valence-electron chi connectivity index (χ1n) is 10.6. The number of alkyl halides is 3. The lowest BCUT2D eigenvalue weighted by Gasteiger charge is -2.21. The van der Waals surface area contributed by atoms with Gasteiger partial charge < -0.3 is 20.1 Å². The molecule has 2 aromatic rings. The third kappa shape index (κ3) is 5.39. The normalized spacial score (nSPS) is 17.9. The fraction of sp³-hybridized carbons (Fsp3) is 0.478. The third-order valence-corrected chi connectivity index (χ3v) is 5.57. The zero-order valence-corrected chi connectivity index (χ0v) is 18.2. The Bertz CT molecular complexity index is 999. The van der Waals surface area contributed by atoms with Crippen LogP contribution in [0.5, 0.6) is 0 Å². The molecule has 4 rings (SSSR count). The van der Waals surface area contributed by atoms with E-state index in [1.54, 1.807) is 13.0 Å². The molecule has 1 aliphatic heterocycles. The van der Waals surface area contributed by atoms with Crippen LogP contribution in [0.25, 0.3) is 0 Å². The predicted octanol–water partition coefficient (Wildman–Crippen LogP) is 4.66. The number of hydrogen-bond donors (Lipinski definition) is 2. The summed E-state index contributed by atoms with van der Waals surface area (Å²) >= 11 is 0. The molecular weight excluding hydrogens is 421 g/mol. The van der Waals surface area contributed by atoms with Gasteiger partial charge in [0.1, 0.15) is 11.6 Å². The molecule has 2 aliphatic rings. The standard InChI is InChI=1S/C23H27F3N4O2/c1-14(30-22(3)7-8-22)11-18-19(21-31-9-10-32-21)20(29-15(2)28-18)27-13-16-5-4-6-17(12-16)23(24,25)26/h4-6,12,21,30H,1,7-11,13H2,2-3H3,(H,27,28,29). The van der Waals surface area contributed by atoms with Crippen LogP contribution in [0.2, 0.25) is 0 Å². The van der Waals surface area contributed by atoms with Crippen molar-refractivity contribution in [1.29, 1.82) is 0 Å². The molecule has 2 fully saturated rings. The van der Waals surface area contributed by atoms with E-state index in [-0.39, 0.29) is 12.1 Å². The highest BCUT2D eigenvalue weighted by Gasteiger charge is 2.37. The van der Waals surface area contributed by atoms with Gasteiger partial charge in [0.2, 0.25) is 0 Å². The van der Waals surface area contributed by atoms with E-state index in [9.17, 15) is 13.2 Å². The molecule has 0 spiro atoms. The molecule has 1 aliphatic carbocycles. The number of aryl methyl sites for hydroxylation is 1. The second kappa shape index (κ2) is 8.71. The van der Waals surface area contributed by atoms with Crippen molar-refractivity contribution in [3.63, 3.8) is 0 Å². The second-order valence-corrected chi connectivity index (χ2v) is 8.57. The number of nitrogens with one attached hydrogen (secondary N) is 2. The lowest BCUT2D eigenvalue weighted by Crippen LogP contribution is -2.28. The summed E-state index contributed by atoms with van der Waals surface area (Å²) in [4.78, 5) is 9.11. The molecule has 2 N–H and O–H groups in total. The van der Waals surface area contributed by atoms with E-state index in [1.807, 2.05) is 0 Å². The fourth-order valence-electron chi connectivity index (χ4n) is 3.71. The first-order valence-corrected chi connectivity index (χ1v) is 10.6. The Labute approximate surface area is 185 Å². The van der Waals surface area contributed by atoms with Crippen molar-refractivity contribution in [2.24, 2.45) is 0 Å². The molecule has 6 nitrogen and oxygen atoms in total. The van der Waals surface area contributed by atoms with Gasteiger partial charge in [-0.1, -0.05) is 18.7 Å². The van der Waals surface area contributed by atoms with E-state index in [0.29, 0.717) is 42.4 Å². The smallest absolute Gasteiger partial charge is 0.383 e. The van der Waals surface area contributed by atoms with Crippen molar-refractivity contribution in [3.8, 4) is 0 Å². The molecular formula is C23H27F3N4O2. The molecule has 172 valence electrons. The molecule has 9 heteroatoms. The minimum atomic E-state index is -4.39. The number of hydrogen-bond acceptors (Lipinski definition) is 6. The summed E-state index contributed by atoms with van der Waals surface area (Å²) in [6.07, 6.45) is -2.37.